The van der Waals surface area contributed by atoms with Crippen LogP contribution in [-0.2, 0) is 16.1 Å². The van der Waals surface area contributed by atoms with Crippen molar-refractivity contribution in [2.75, 3.05) is 13.3 Å². The standard InChI is InChI=1S/C25H21ClFNO5/c26-18-9-16(27)3-1-13(18)2-4-22(30)33-25-19(29)7-14-5-6-28-11-15-8-20-21(32-12-31-20)10-17(15)23(25)24(14)28/h1-4,7-10,19,23-25,29H,5-6,11-12H2/b4-2+/t19?,23?,24?,25-/m1/s1. The number of fused-ring (bicyclic) bond motifs is 3. The van der Waals surface area contributed by atoms with E-state index in [0.717, 1.165) is 30.6 Å². The van der Waals surface area contributed by atoms with E-state index in [4.69, 9.17) is 25.8 Å². The fraction of sp³-hybridized carbons (Fsp3) is 0.320. The van der Waals surface area contributed by atoms with Gasteiger partial charge in [-0.2, -0.15) is 0 Å². The van der Waals surface area contributed by atoms with Crippen molar-refractivity contribution < 1.29 is 28.5 Å². The lowest BCUT2D eigenvalue weighted by atomic mass is 9.73. The number of hydrogen-bond acceptors (Lipinski definition) is 6. The van der Waals surface area contributed by atoms with Crippen molar-refractivity contribution in [1.82, 2.24) is 4.90 Å². The Morgan fingerprint density at radius 2 is 2.06 bits per heavy atom. The normalized spacial score (nSPS) is 27.3. The van der Waals surface area contributed by atoms with Gasteiger partial charge >= 0.3 is 5.97 Å². The Kier molecular flexibility index (Phi) is 4.94. The van der Waals surface area contributed by atoms with E-state index in [1.165, 1.54) is 35.9 Å². The van der Waals surface area contributed by atoms with E-state index >= 15 is 0 Å². The quantitative estimate of drug-likeness (QED) is 0.419. The van der Waals surface area contributed by atoms with Gasteiger partial charge in [-0.15, -0.1) is 0 Å². The molecule has 6 rings (SSSR count). The van der Waals surface area contributed by atoms with Crippen LogP contribution in [0.2, 0.25) is 5.02 Å². The molecule has 0 bridgehead atoms. The predicted octanol–water partition coefficient (Wildman–Crippen LogP) is 3.81. The summed E-state index contributed by atoms with van der Waals surface area (Å²) in [6.07, 6.45) is 3.75. The summed E-state index contributed by atoms with van der Waals surface area (Å²) < 4.78 is 30.2. The molecule has 4 atom stereocenters. The maximum atomic E-state index is 13.3. The number of nitrogens with zero attached hydrogens (tertiary/aromatic N) is 1. The molecule has 3 heterocycles. The van der Waals surface area contributed by atoms with Crippen molar-refractivity contribution in [2.45, 2.75) is 37.1 Å². The molecule has 2 aromatic carbocycles. The molecule has 8 heteroatoms. The molecule has 3 aliphatic heterocycles. The average Bonchev–Trinajstić information content (AvgIpc) is 3.40. The lowest BCUT2D eigenvalue weighted by Gasteiger charge is -2.45. The summed E-state index contributed by atoms with van der Waals surface area (Å²) >= 11 is 6.04. The summed E-state index contributed by atoms with van der Waals surface area (Å²) in [5.41, 5.74) is 3.77. The van der Waals surface area contributed by atoms with Crippen LogP contribution >= 0.6 is 11.6 Å². The second kappa shape index (κ2) is 7.87. The maximum absolute atomic E-state index is 13.3. The fourth-order valence-corrected chi connectivity index (χ4v) is 5.67. The highest BCUT2D eigenvalue weighted by atomic mass is 35.5. The molecule has 33 heavy (non-hydrogen) atoms. The zero-order chi connectivity index (χ0) is 22.7. The number of carbonyl (C=O) groups excluding carboxylic acids is 1. The summed E-state index contributed by atoms with van der Waals surface area (Å²) in [6.45, 7) is 1.83. The Morgan fingerprint density at radius 3 is 2.88 bits per heavy atom. The van der Waals surface area contributed by atoms with Crippen molar-refractivity contribution in [3.8, 4) is 11.5 Å². The van der Waals surface area contributed by atoms with Crippen LogP contribution in [0.5, 0.6) is 11.5 Å². The molecule has 0 amide bonds. The largest absolute Gasteiger partial charge is 0.455 e. The van der Waals surface area contributed by atoms with Gasteiger partial charge in [-0.3, -0.25) is 4.90 Å². The maximum Gasteiger partial charge on any atom is 0.331 e. The molecule has 2 aromatic rings. The number of benzene rings is 2. The van der Waals surface area contributed by atoms with Crippen LogP contribution in [-0.4, -0.2) is 47.6 Å². The third-order valence-electron chi connectivity index (χ3n) is 6.86. The smallest absolute Gasteiger partial charge is 0.331 e. The highest BCUT2D eigenvalue weighted by molar-refractivity contribution is 6.32. The molecular weight excluding hydrogens is 449 g/mol. The molecule has 1 N–H and O–H groups in total. The van der Waals surface area contributed by atoms with Gasteiger partial charge in [0.25, 0.3) is 0 Å². The molecule has 0 aromatic heterocycles. The first-order chi connectivity index (χ1) is 16.0. The van der Waals surface area contributed by atoms with Crippen LogP contribution in [0.3, 0.4) is 0 Å². The van der Waals surface area contributed by atoms with Crippen molar-refractivity contribution in [2.24, 2.45) is 0 Å². The van der Waals surface area contributed by atoms with Gasteiger partial charge in [-0.25, -0.2) is 9.18 Å². The molecule has 0 spiro atoms. The summed E-state index contributed by atoms with van der Waals surface area (Å²) in [5.74, 6) is 0.0969. The Labute approximate surface area is 194 Å². The van der Waals surface area contributed by atoms with Gasteiger partial charge in [0.2, 0.25) is 6.79 Å². The van der Waals surface area contributed by atoms with E-state index in [1.807, 2.05) is 18.2 Å². The third kappa shape index (κ3) is 3.51. The summed E-state index contributed by atoms with van der Waals surface area (Å²) in [5, 5.41) is 11.1. The first-order valence-electron chi connectivity index (χ1n) is 10.9. The number of aliphatic hydroxyl groups excluding tert-OH is 1. The van der Waals surface area contributed by atoms with E-state index < -0.39 is 24.0 Å². The van der Waals surface area contributed by atoms with Crippen molar-refractivity contribution in [3.63, 3.8) is 0 Å². The Bertz CT molecular complexity index is 1210. The van der Waals surface area contributed by atoms with Gasteiger partial charge in [-0.05, 0) is 53.5 Å². The van der Waals surface area contributed by atoms with Crippen LogP contribution in [0.15, 0.2) is 48.1 Å². The molecule has 1 saturated heterocycles. The zero-order valence-electron chi connectivity index (χ0n) is 17.5. The highest BCUT2D eigenvalue weighted by Crippen LogP contribution is 2.50. The second-order valence-electron chi connectivity index (χ2n) is 8.73. The van der Waals surface area contributed by atoms with Gasteiger partial charge in [0.15, 0.2) is 11.5 Å². The van der Waals surface area contributed by atoms with Crippen LogP contribution in [0.4, 0.5) is 4.39 Å². The molecule has 4 aliphatic rings. The number of rotatable bonds is 3. The monoisotopic (exact) mass is 469 g/mol. The SMILES string of the molecule is O=C(/C=C/c1ccc(F)cc1Cl)O[C@@H]1C(O)C=C2CCN3Cc4cc5c(cc4C1C23)OCO5. The molecule has 6 nitrogen and oxygen atoms in total. The molecule has 0 saturated carbocycles. The number of halogens is 2. The van der Waals surface area contributed by atoms with Crippen LogP contribution in [0, 0.1) is 5.82 Å². The van der Waals surface area contributed by atoms with Gasteiger partial charge in [0.05, 0.1) is 5.02 Å². The van der Waals surface area contributed by atoms with E-state index in [0.29, 0.717) is 17.1 Å². The second-order valence-corrected chi connectivity index (χ2v) is 9.14. The van der Waals surface area contributed by atoms with E-state index in [-0.39, 0.29) is 23.8 Å². The molecular formula is C25H21ClFNO5. The van der Waals surface area contributed by atoms with E-state index in [9.17, 15) is 14.3 Å². The molecule has 170 valence electrons. The van der Waals surface area contributed by atoms with Crippen LogP contribution < -0.4 is 9.47 Å². The van der Waals surface area contributed by atoms with E-state index in [2.05, 4.69) is 4.90 Å². The van der Waals surface area contributed by atoms with Crippen LogP contribution in [0.1, 0.15) is 29.0 Å². The van der Waals surface area contributed by atoms with Gasteiger partial charge < -0.3 is 19.3 Å². The predicted molar refractivity (Wildman–Crippen MR) is 119 cm³/mol. The first kappa shape index (κ1) is 20.7. The minimum atomic E-state index is -0.927. The fourth-order valence-electron chi connectivity index (χ4n) is 5.44. The molecule has 1 fully saturated rings. The third-order valence-corrected chi connectivity index (χ3v) is 7.18. The van der Waals surface area contributed by atoms with Crippen LogP contribution in [0.25, 0.3) is 6.08 Å². The molecule has 3 unspecified atom stereocenters. The number of esters is 1. The Balaban J connectivity index is 1.32. The van der Waals surface area contributed by atoms with Crippen molar-refractivity contribution >= 4 is 23.6 Å². The van der Waals surface area contributed by atoms with E-state index in [1.54, 1.807) is 0 Å². The summed E-state index contributed by atoms with van der Waals surface area (Å²) in [6, 6.07) is 7.96. The minimum Gasteiger partial charge on any atom is -0.455 e. The van der Waals surface area contributed by atoms with Crippen molar-refractivity contribution in [1.29, 1.82) is 0 Å². The Hall–Kier alpha value is -2.87. The average molecular weight is 470 g/mol. The summed E-state index contributed by atoms with van der Waals surface area (Å²) in [4.78, 5) is 15.1. The molecule has 1 aliphatic carbocycles. The first-order valence-corrected chi connectivity index (χ1v) is 11.2. The summed E-state index contributed by atoms with van der Waals surface area (Å²) in [7, 11) is 0. The zero-order valence-corrected chi connectivity index (χ0v) is 18.3. The topological polar surface area (TPSA) is 68.2 Å². The number of carbonyl (C=O) groups is 1. The lowest BCUT2D eigenvalue weighted by Crippen LogP contribution is -2.51. The van der Waals surface area contributed by atoms with Gasteiger partial charge in [0.1, 0.15) is 18.0 Å². The Morgan fingerprint density at radius 1 is 1.24 bits per heavy atom. The number of hydrogen-bond donors (Lipinski definition) is 1. The van der Waals surface area contributed by atoms with Gasteiger partial charge in [0, 0.05) is 31.1 Å². The highest BCUT2D eigenvalue weighted by Gasteiger charge is 2.50. The number of aliphatic hydroxyl groups is 1. The minimum absolute atomic E-state index is 0.0644. The lowest BCUT2D eigenvalue weighted by molar-refractivity contribution is -0.150. The number of ether oxygens (including phenoxy) is 3. The van der Waals surface area contributed by atoms with Gasteiger partial charge in [-0.1, -0.05) is 29.3 Å². The molecule has 0 radical (unpaired) electrons. The van der Waals surface area contributed by atoms with Crippen molar-refractivity contribution in [3.05, 3.63) is 75.6 Å².